The third kappa shape index (κ3) is 92.6. The van der Waals surface area contributed by atoms with Gasteiger partial charge in [-0.15, -0.1) is 0 Å². The molecule has 0 rings (SSSR count). The predicted octanol–water partition coefficient (Wildman–Crippen LogP) is 21.8. The van der Waals surface area contributed by atoms with Crippen molar-refractivity contribution in [2.24, 2.45) is 0 Å². The van der Waals surface area contributed by atoms with Crippen LogP contribution in [0.2, 0.25) is 0 Å². The molecule has 2 N–H and O–H groups in total. The van der Waals surface area contributed by atoms with Crippen molar-refractivity contribution in [1.82, 2.24) is 0 Å². The van der Waals surface area contributed by atoms with E-state index in [0.717, 1.165) is 46.1 Å². The standard InChI is InChI=1S/2C15H32O.2C15H31.O.Ti/c2*1-2-3-4-5-6-7-8-9-10-11-12-13-14-15-16;2*1-3-5-7-9-11-13-15-14-12-10-8-6-4-2;;/h2*16H,2-15H2,1H3;2*1,3-15H2,2H3;;/q;;2*-1;;+2. The Morgan fingerprint density at radius 1 is 0.219 bits per heavy atom. The number of unbranched alkanes of at least 4 members (excludes halogenated alkanes) is 48. The van der Waals surface area contributed by atoms with Gasteiger partial charge in [0.15, 0.2) is 0 Å². The summed E-state index contributed by atoms with van der Waals surface area (Å²) in [5, 5.41) is 17.3. The Labute approximate surface area is 420 Å². The molecule has 0 atom stereocenters. The molecule has 3 nitrogen and oxygen atoms in total. The maximum atomic E-state index is 8.63. The van der Waals surface area contributed by atoms with E-state index in [-0.39, 0.29) is 0 Å². The molecule has 0 unspecified atom stereocenters. The third-order valence-corrected chi connectivity index (χ3v) is 12.7. The van der Waals surface area contributed by atoms with Gasteiger partial charge in [-0.1, -0.05) is 336 Å². The summed E-state index contributed by atoms with van der Waals surface area (Å²) in [5.74, 6) is 0. The molecule has 0 aromatic heterocycles. The van der Waals surface area contributed by atoms with Crippen molar-refractivity contribution in [3.05, 3.63) is 13.8 Å². The molecule has 0 aromatic carbocycles. The molecule has 0 saturated carbocycles. The molecule has 0 spiro atoms. The molecule has 0 heterocycles. The van der Waals surface area contributed by atoms with Crippen LogP contribution in [0.5, 0.6) is 0 Å². The van der Waals surface area contributed by atoms with Crippen LogP contribution in [0.4, 0.5) is 0 Å². The fourth-order valence-electron chi connectivity index (χ4n) is 8.29. The van der Waals surface area contributed by atoms with Gasteiger partial charge in [0.1, 0.15) is 0 Å². The minimum absolute atomic E-state index is 0.373. The van der Waals surface area contributed by atoms with Crippen molar-refractivity contribution in [3.63, 3.8) is 0 Å². The van der Waals surface area contributed by atoms with Gasteiger partial charge < -0.3 is 24.1 Å². The second-order valence-electron chi connectivity index (χ2n) is 19.4. The molecule has 64 heavy (non-hydrogen) atoms. The van der Waals surface area contributed by atoms with Crippen molar-refractivity contribution in [1.29, 1.82) is 0 Å². The van der Waals surface area contributed by atoms with E-state index >= 15 is 0 Å². The number of hydrogen-bond donors (Lipinski definition) is 2. The van der Waals surface area contributed by atoms with Crippen LogP contribution in [0.25, 0.3) is 0 Å². The van der Waals surface area contributed by atoms with Gasteiger partial charge in [-0.3, -0.25) is 0 Å². The monoisotopic (exact) mass is 943 g/mol. The maximum absolute atomic E-state index is 8.63. The Kier molecular flexibility index (Phi) is 95.7. The van der Waals surface area contributed by atoms with Gasteiger partial charge in [0.05, 0.1) is 0 Å². The van der Waals surface area contributed by atoms with Gasteiger partial charge in [-0.05, 0) is 12.8 Å². The number of hydrogen-bond acceptors (Lipinski definition) is 3. The number of rotatable bonds is 50. The van der Waals surface area contributed by atoms with E-state index in [4.69, 9.17) is 13.5 Å². The van der Waals surface area contributed by atoms with Crippen LogP contribution >= 0.6 is 0 Å². The summed E-state index contributed by atoms with van der Waals surface area (Å²) in [4.78, 5) is 0. The average molecular weight is 944 g/mol. The van der Waals surface area contributed by atoms with Crippen molar-refractivity contribution in [3.8, 4) is 0 Å². The van der Waals surface area contributed by atoms with E-state index in [1.165, 1.54) is 308 Å². The summed E-state index contributed by atoms with van der Waals surface area (Å²) in [7, 11) is 0. The zero-order chi connectivity index (χ0) is 48.2. The van der Waals surface area contributed by atoms with E-state index in [1.807, 2.05) is 0 Å². The molecule has 4 heteroatoms. The Morgan fingerprint density at radius 2 is 0.328 bits per heavy atom. The second-order valence-corrected chi connectivity index (χ2v) is 19.4. The Balaban J connectivity index is -0.000000238. The van der Waals surface area contributed by atoms with E-state index in [2.05, 4.69) is 41.5 Å². The van der Waals surface area contributed by atoms with Crippen LogP contribution in [0.3, 0.4) is 0 Å². The predicted molar refractivity (Wildman–Crippen MR) is 288 cm³/mol. The summed E-state index contributed by atoms with van der Waals surface area (Å²) < 4.78 is 8.25. The third-order valence-electron chi connectivity index (χ3n) is 12.7. The SMILES string of the molecule is CCCCCCCCCCCCCCCO.CCCCCCCCCCCCCCCO.[CH2-]CCCCCCCCCCCCCC.[CH2-]CCCCCCCCCCCCCC.[O]=[Ti+2]. The van der Waals surface area contributed by atoms with Crippen LogP contribution in [-0.2, 0) is 23.7 Å². The quantitative estimate of drug-likeness (QED) is 0.0363. The molecule has 0 amide bonds. The van der Waals surface area contributed by atoms with Gasteiger partial charge in [-0.2, -0.15) is 12.8 Å². The summed E-state index contributed by atoms with van der Waals surface area (Å²) in [6.45, 7) is 17.6. The first-order chi connectivity index (χ1) is 31.7. The normalized spacial score (nSPS) is 10.6. The van der Waals surface area contributed by atoms with Crippen LogP contribution in [-0.4, -0.2) is 23.4 Å². The first kappa shape index (κ1) is 73.4. The second kappa shape index (κ2) is 83.4. The van der Waals surface area contributed by atoms with Crippen molar-refractivity contribution in [2.45, 2.75) is 362 Å². The molecule has 0 aromatic rings. The van der Waals surface area contributed by atoms with Crippen LogP contribution < -0.4 is 0 Å². The molecule has 0 bridgehead atoms. The Morgan fingerprint density at radius 3 is 0.438 bits per heavy atom. The van der Waals surface area contributed by atoms with Gasteiger partial charge in [-0.25, -0.2) is 0 Å². The molecule has 0 aliphatic rings. The molecule has 0 aliphatic heterocycles. The van der Waals surface area contributed by atoms with Crippen molar-refractivity contribution in [2.75, 3.05) is 13.2 Å². The van der Waals surface area contributed by atoms with Crippen LogP contribution in [0.15, 0.2) is 0 Å². The first-order valence-electron chi connectivity index (χ1n) is 29.7. The average Bonchev–Trinajstić information content (AvgIpc) is 3.32. The van der Waals surface area contributed by atoms with Gasteiger partial charge in [0.2, 0.25) is 0 Å². The number of aliphatic hydroxyl groups excluding tert-OH is 2. The molecular weight excluding hydrogens is 817 g/mol. The summed E-state index contributed by atoms with van der Waals surface area (Å²) in [6, 6.07) is 0. The van der Waals surface area contributed by atoms with E-state index in [1.54, 1.807) is 0 Å². The van der Waals surface area contributed by atoms with Gasteiger partial charge in [0.25, 0.3) is 0 Å². The summed E-state index contributed by atoms with van der Waals surface area (Å²) in [5.41, 5.74) is 0. The molecule has 388 valence electrons. The van der Waals surface area contributed by atoms with E-state index in [0.29, 0.717) is 13.2 Å². The van der Waals surface area contributed by atoms with Crippen molar-refractivity contribution < 1.29 is 33.9 Å². The van der Waals surface area contributed by atoms with Gasteiger partial charge >= 0.3 is 23.7 Å². The summed E-state index contributed by atoms with van der Waals surface area (Å²) in [6.07, 6.45) is 72.1. The zero-order valence-electron chi connectivity index (χ0n) is 45.4. The Bertz CT molecular complexity index is 555. The minimum atomic E-state index is 0.373. The number of aliphatic hydroxyl groups is 2. The fraction of sp³-hybridized carbons (Fsp3) is 0.967. The summed E-state index contributed by atoms with van der Waals surface area (Å²) >= 11 is 0.750. The van der Waals surface area contributed by atoms with Crippen molar-refractivity contribution >= 4 is 0 Å². The molecule has 0 saturated heterocycles. The molecule has 0 fully saturated rings. The van der Waals surface area contributed by atoms with Crippen LogP contribution in [0.1, 0.15) is 362 Å². The van der Waals surface area contributed by atoms with Crippen LogP contribution in [0, 0.1) is 13.8 Å². The topological polar surface area (TPSA) is 57.5 Å². The molecule has 0 aliphatic carbocycles. The zero-order valence-corrected chi connectivity index (χ0v) is 47.0. The fourth-order valence-corrected chi connectivity index (χ4v) is 8.29. The van der Waals surface area contributed by atoms with E-state index in [9.17, 15) is 0 Å². The Hall–Kier alpha value is 0.434. The molecular formula is C60H126O3Ti. The van der Waals surface area contributed by atoms with E-state index < -0.39 is 0 Å². The first-order valence-corrected chi connectivity index (χ1v) is 30.3. The molecule has 0 radical (unpaired) electrons. The van der Waals surface area contributed by atoms with Gasteiger partial charge in [0, 0.05) is 13.2 Å².